The first-order valence-corrected chi connectivity index (χ1v) is 11.0. The maximum atomic E-state index is 15.2. The summed E-state index contributed by atoms with van der Waals surface area (Å²) in [4.78, 5) is 25.8. The molecule has 178 valence electrons. The van der Waals surface area contributed by atoms with Gasteiger partial charge in [-0.2, -0.15) is 5.10 Å². The second-order valence-corrected chi connectivity index (χ2v) is 8.30. The van der Waals surface area contributed by atoms with Crippen molar-refractivity contribution in [2.24, 2.45) is 5.10 Å². The molecule has 0 radical (unpaired) electrons. The van der Waals surface area contributed by atoms with Gasteiger partial charge in [0.1, 0.15) is 12.4 Å². The average Bonchev–Trinajstić information content (AvgIpc) is 2.80. The Labute approximate surface area is 202 Å². The van der Waals surface area contributed by atoms with Crippen LogP contribution in [0.4, 0.5) is 10.1 Å². The number of halogens is 2. The summed E-state index contributed by atoms with van der Waals surface area (Å²) in [5, 5.41) is 16.1. The van der Waals surface area contributed by atoms with Gasteiger partial charge in [-0.25, -0.2) is 4.39 Å². The second kappa shape index (κ2) is 10.2. The number of anilines is 1. The number of hydrogen-bond donors (Lipinski definition) is 1. The molecule has 1 amide bonds. The van der Waals surface area contributed by atoms with E-state index in [9.17, 15) is 14.7 Å². The number of hydrazone groups is 1. The van der Waals surface area contributed by atoms with E-state index in [1.807, 2.05) is 13.0 Å². The van der Waals surface area contributed by atoms with Crippen LogP contribution >= 0.6 is 11.6 Å². The summed E-state index contributed by atoms with van der Waals surface area (Å²) < 4.78 is 16.6. The van der Waals surface area contributed by atoms with Crippen molar-refractivity contribution in [1.29, 1.82) is 0 Å². The number of amidine groups is 1. The fourth-order valence-corrected chi connectivity index (χ4v) is 3.86. The number of hydrogen-bond acceptors (Lipinski definition) is 5. The molecule has 0 saturated heterocycles. The number of aliphatic hydroxyl groups is 1. The number of likely N-dealkylation sites (N-methyl/N-ethyl adjacent to an activating group) is 1. The zero-order valence-corrected chi connectivity index (χ0v) is 20.2. The molecule has 0 aliphatic heterocycles. The SMILES string of the molecule is C=C(C)c1cn(-c2cc(C)ccc2Cl)c(=O)c2cc(F)c(N(C)/N=C(/CO)N(C=O)CC)cc12. The van der Waals surface area contributed by atoms with Crippen LogP contribution in [0.15, 0.2) is 53.0 Å². The first-order valence-electron chi connectivity index (χ1n) is 10.6. The van der Waals surface area contributed by atoms with E-state index < -0.39 is 18.0 Å². The quantitative estimate of drug-likeness (QED) is 0.234. The van der Waals surface area contributed by atoms with Gasteiger partial charge in [0.05, 0.1) is 21.8 Å². The van der Waals surface area contributed by atoms with E-state index in [0.29, 0.717) is 33.6 Å². The third-order valence-corrected chi connectivity index (χ3v) is 5.78. The number of pyridine rings is 1. The molecule has 3 rings (SSSR count). The number of fused-ring (bicyclic) bond motifs is 1. The summed E-state index contributed by atoms with van der Waals surface area (Å²) in [5.41, 5.74) is 2.34. The highest BCUT2D eigenvalue weighted by molar-refractivity contribution is 6.32. The Kier molecular flexibility index (Phi) is 7.54. The van der Waals surface area contributed by atoms with Crippen molar-refractivity contribution >= 4 is 45.9 Å². The van der Waals surface area contributed by atoms with Gasteiger partial charge in [-0.3, -0.25) is 24.1 Å². The van der Waals surface area contributed by atoms with Crippen LogP contribution in [-0.4, -0.2) is 47.0 Å². The highest BCUT2D eigenvalue weighted by atomic mass is 35.5. The molecule has 0 spiro atoms. The Morgan fingerprint density at radius 1 is 1.29 bits per heavy atom. The van der Waals surface area contributed by atoms with E-state index in [-0.39, 0.29) is 23.5 Å². The van der Waals surface area contributed by atoms with E-state index in [2.05, 4.69) is 11.7 Å². The molecule has 3 aromatic rings. The van der Waals surface area contributed by atoms with Gasteiger partial charge in [0, 0.05) is 25.4 Å². The van der Waals surface area contributed by atoms with Crippen molar-refractivity contribution in [2.45, 2.75) is 20.8 Å². The molecular formula is C25H26ClFN4O3. The number of aromatic nitrogens is 1. The van der Waals surface area contributed by atoms with Crippen LogP contribution in [0, 0.1) is 12.7 Å². The predicted molar refractivity (Wildman–Crippen MR) is 135 cm³/mol. The lowest BCUT2D eigenvalue weighted by Crippen LogP contribution is -2.34. The second-order valence-electron chi connectivity index (χ2n) is 7.89. The van der Waals surface area contributed by atoms with Gasteiger partial charge in [-0.15, -0.1) is 0 Å². The molecule has 34 heavy (non-hydrogen) atoms. The molecule has 0 aliphatic carbocycles. The summed E-state index contributed by atoms with van der Waals surface area (Å²) in [5.74, 6) is -0.632. The molecule has 1 N–H and O–H groups in total. The molecule has 0 atom stereocenters. The number of amides is 1. The van der Waals surface area contributed by atoms with Crippen LogP contribution in [0.2, 0.25) is 5.02 Å². The standard InChI is InChI=1S/C25H26ClFN4O3/c1-6-30(14-33)24(13-32)28-29(5)23-11-17-18(10-21(23)27)25(34)31(12-19(17)15(2)3)22-9-16(4)7-8-20(22)26/h7-12,14,32H,2,6,13H2,1,3-5H3/b28-24-. The molecule has 0 fully saturated rings. The topological polar surface area (TPSA) is 78.1 Å². The summed E-state index contributed by atoms with van der Waals surface area (Å²) in [6, 6.07) is 7.99. The van der Waals surface area contributed by atoms with Crippen molar-refractivity contribution in [2.75, 3.05) is 25.2 Å². The molecule has 7 nitrogen and oxygen atoms in total. The number of allylic oxidation sites excluding steroid dienone is 1. The average molecular weight is 485 g/mol. The molecule has 1 heterocycles. The van der Waals surface area contributed by atoms with Crippen LogP contribution in [0.1, 0.15) is 25.0 Å². The van der Waals surface area contributed by atoms with Crippen molar-refractivity contribution in [3.63, 3.8) is 0 Å². The lowest BCUT2D eigenvalue weighted by atomic mass is 10.0. The smallest absolute Gasteiger partial charge is 0.263 e. The van der Waals surface area contributed by atoms with Crippen molar-refractivity contribution in [3.8, 4) is 5.69 Å². The number of aryl methyl sites for hydroxylation is 1. The number of nitrogens with zero attached hydrogens (tertiary/aromatic N) is 4. The van der Waals surface area contributed by atoms with E-state index >= 15 is 4.39 Å². The first kappa shape index (κ1) is 25.1. The summed E-state index contributed by atoms with van der Waals surface area (Å²) in [6.07, 6.45) is 2.18. The van der Waals surface area contributed by atoms with Crippen molar-refractivity contribution in [3.05, 3.63) is 75.4 Å². The van der Waals surface area contributed by atoms with E-state index in [4.69, 9.17) is 11.6 Å². The number of aliphatic hydroxyl groups excluding tert-OH is 1. The summed E-state index contributed by atoms with van der Waals surface area (Å²) in [7, 11) is 1.49. The van der Waals surface area contributed by atoms with Gasteiger partial charge in [-0.05, 0) is 61.6 Å². The van der Waals surface area contributed by atoms with Crippen LogP contribution in [0.25, 0.3) is 22.0 Å². The first-order chi connectivity index (χ1) is 16.1. The van der Waals surface area contributed by atoms with Crippen molar-refractivity contribution < 1.29 is 14.3 Å². The molecule has 1 aromatic heterocycles. The number of carbonyl (C=O) groups is 1. The highest BCUT2D eigenvalue weighted by Crippen LogP contribution is 2.31. The normalized spacial score (nSPS) is 11.6. The zero-order chi connectivity index (χ0) is 25.2. The number of carbonyl (C=O) groups excluding carboxylic acids is 1. The molecule has 0 saturated carbocycles. The maximum absolute atomic E-state index is 15.2. The zero-order valence-electron chi connectivity index (χ0n) is 19.5. The number of benzene rings is 2. The van der Waals surface area contributed by atoms with Gasteiger partial charge in [-0.1, -0.05) is 24.2 Å². The van der Waals surface area contributed by atoms with Crippen LogP contribution in [0.5, 0.6) is 0 Å². The van der Waals surface area contributed by atoms with Crippen LogP contribution < -0.4 is 10.6 Å². The minimum absolute atomic E-state index is 0.0594. The molecule has 0 unspecified atom stereocenters. The van der Waals surface area contributed by atoms with Gasteiger partial charge >= 0.3 is 0 Å². The van der Waals surface area contributed by atoms with E-state index in [1.54, 1.807) is 32.2 Å². The lowest BCUT2D eigenvalue weighted by molar-refractivity contribution is -0.114. The Hall–Kier alpha value is -3.49. The minimum Gasteiger partial charge on any atom is -0.388 e. The Bertz CT molecular complexity index is 1370. The third-order valence-electron chi connectivity index (χ3n) is 5.46. The molecule has 0 bridgehead atoms. The maximum Gasteiger partial charge on any atom is 0.263 e. The van der Waals surface area contributed by atoms with Gasteiger partial charge < -0.3 is 5.11 Å². The number of rotatable bonds is 7. The van der Waals surface area contributed by atoms with Crippen LogP contribution in [-0.2, 0) is 4.79 Å². The van der Waals surface area contributed by atoms with Crippen molar-refractivity contribution in [1.82, 2.24) is 9.47 Å². The Morgan fingerprint density at radius 3 is 2.59 bits per heavy atom. The third kappa shape index (κ3) is 4.73. The monoisotopic (exact) mass is 484 g/mol. The minimum atomic E-state index is -0.692. The fraction of sp³-hybridized carbons (Fsp3) is 0.240. The van der Waals surface area contributed by atoms with Gasteiger partial charge in [0.25, 0.3) is 5.56 Å². The lowest BCUT2D eigenvalue weighted by Gasteiger charge is -2.21. The fourth-order valence-electron chi connectivity index (χ4n) is 3.65. The van der Waals surface area contributed by atoms with E-state index in [1.165, 1.54) is 27.6 Å². The molecular weight excluding hydrogens is 459 g/mol. The Morgan fingerprint density at radius 2 is 2.00 bits per heavy atom. The Balaban J connectivity index is 2.27. The van der Waals surface area contributed by atoms with Gasteiger partial charge in [0.2, 0.25) is 6.41 Å². The van der Waals surface area contributed by atoms with Gasteiger partial charge in [0.15, 0.2) is 5.84 Å². The molecule has 9 heteroatoms. The summed E-state index contributed by atoms with van der Waals surface area (Å²) in [6.45, 7) is 9.20. The predicted octanol–water partition coefficient (Wildman–Crippen LogP) is 4.35. The van der Waals surface area contributed by atoms with Crippen LogP contribution in [0.3, 0.4) is 0 Å². The largest absolute Gasteiger partial charge is 0.388 e. The molecule has 2 aromatic carbocycles. The molecule has 0 aliphatic rings. The van der Waals surface area contributed by atoms with E-state index in [0.717, 1.165) is 11.6 Å². The highest BCUT2D eigenvalue weighted by Gasteiger charge is 2.18. The summed E-state index contributed by atoms with van der Waals surface area (Å²) >= 11 is 6.37.